The van der Waals surface area contributed by atoms with E-state index in [1.165, 1.54) is 39.5 Å². The van der Waals surface area contributed by atoms with Gasteiger partial charge in [-0.2, -0.15) is 0 Å². The molecule has 0 N–H and O–H groups in total. The van der Waals surface area contributed by atoms with Gasteiger partial charge in [-0.3, -0.25) is 0 Å². The molecule has 1 aliphatic heterocycles. The molecule has 2 aromatic rings. The first-order valence-electron chi connectivity index (χ1n) is 5.18. The van der Waals surface area contributed by atoms with Crippen LogP contribution in [0, 0.1) is 6.92 Å². The molecule has 3 heteroatoms. The largest absolute Gasteiger partial charge is 0.343 e. The Morgan fingerprint density at radius 2 is 2.20 bits per heavy atom. The minimum atomic E-state index is 1.07. The smallest absolute Gasteiger partial charge is 0.0527 e. The van der Waals surface area contributed by atoms with Gasteiger partial charge in [-0.1, -0.05) is 0 Å². The van der Waals surface area contributed by atoms with Crippen LogP contribution in [0.2, 0.25) is 0 Å². The average molecular weight is 282 g/mol. The predicted octanol–water partition coefficient (Wildman–Crippen LogP) is 3.95. The van der Waals surface area contributed by atoms with E-state index in [9.17, 15) is 0 Å². The second-order valence-electron chi connectivity index (χ2n) is 4.16. The van der Waals surface area contributed by atoms with Gasteiger partial charge in [-0.15, -0.1) is 12.6 Å². The van der Waals surface area contributed by atoms with E-state index >= 15 is 0 Å². The molecule has 2 heterocycles. The van der Waals surface area contributed by atoms with Crippen molar-refractivity contribution < 1.29 is 0 Å². The average Bonchev–Trinajstić information content (AvgIpc) is 2.46. The van der Waals surface area contributed by atoms with Crippen molar-refractivity contribution in [1.82, 2.24) is 4.57 Å². The summed E-state index contributed by atoms with van der Waals surface area (Å²) in [5, 5.41) is 1.31. The van der Waals surface area contributed by atoms with E-state index in [0.717, 1.165) is 11.4 Å². The normalized spacial score (nSPS) is 14.9. The zero-order valence-corrected chi connectivity index (χ0v) is 11.0. The lowest BCUT2D eigenvalue weighted by molar-refractivity contribution is 0.622. The second kappa shape index (κ2) is 3.29. The van der Waals surface area contributed by atoms with Crippen LogP contribution in [0.3, 0.4) is 0 Å². The van der Waals surface area contributed by atoms with E-state index in [0.29, 0.717) is 0 Å². The van der Waals surface area contributed by atoms with Gasteiger partial charge in [-0.25, -0.2) is 0 Å². The zero-order valence-electron chi connectivity index (χ0n) is 8.55. The highest BCUT2D eigenvalue weighted by molar-refractivity contribution is 9.10. The molecule has 0 saturated heterocycles. The molecule has 0 radical (unpaired) electrons. The lowest BCUT2D eigenvalue weighted by Gasteiger charge is -2.17. The van der Waals surface area contributed by atoms with Crippen LogP contribution >= 0.6 is 28.6 Å². The van der Waals surface area contributed by atoms with Crippen LogP contribution in [0.4, 0.5) is 0 Å². The third-order valence-electron chi connectivity index (χ3n) is 3.23. The summed E-state index contributed by atoms with van der Waals surface area (Å²) in [4.78, 5) is 1.07. The Hall–Kier alpha value is -0.410. The maximum absolute atomic E-state index is 4.47. The van der Waals surface area contributed by atoms with Crippen molar-refractivity contribution in [2.45, 2.75) is 31.2 Å². The fourth-order valence-electron chi connectivity index (χ4n) is 2.54. The van der Waals surface area contributed by atoms with Gasteiger partial charge >= 0.3 is 0 Å². The molecule has 0 saturated carbocycles. The standard InChI is InChI=1S/C12H12BrNS/c1-7-11(13)10-6-9(15)5-8-3-2-4-14(7)12(8)10/h5-6,15H,2-4H2,1H3. The number of thiol groups is 1. The van der Waals surface area contributed by atoms with E-state index in [1.807, 2.05) is 0 Å². The van der Waals surface area contributed by atoms with Crippen molar-refractivity contribution in [3.8, 4) is 0 Å². The molecule has 1 aromatic carbocycles. The monoisotopic (exact) mass is 281 g/mol. The number of hydrogen-bond donors (Lipinski definition) is 1. The highest BCUT2D eigenvalue weighted by Crippen LogP contribution is 2.37. The summed E-state index contributed by atoms with van der Waals surface area (Å²) < 4.78 is 3.66. The first-order chi connectivity index (χ1) is 7.18. The number of aryl methyl sites for hydroxylation is 2. The molecule has 1 aliphatic rings. The number of halogens is 1. The van der Waals surface area contributed by atoms with Crippen molar-refractivity contribution >= 4 is 39.5 Å². The van der Waals surface area contributed by atoms with Crippen LogP contribution < -0.4 is 0 Å². The molecule has 1 nitrogen and oxygen atoms in total. The van der Waals surface area contributed by atoms with Crippen molar-refractivity contribution in [3.63, 3.8) is 0 Å². The van der Waals surface area contributed by atoms with Crippen LogP contribution in [0.15, 0.2) is 21.5 Å². The highest BCUT2D eigenvalue weighted by atomic mass is 79.9. The van der Waals surface area contributed by atoms with E-state index in [2.05, 4.69) is 52.2 Å². The Morgan fingerprint density at radius 3 is 3.00 bits per heavy atom. The van der Waals surface area contributed by atoms with Crippen LogP contribution in [-0.2, 0) is 13.0 Å². The van der Waals surface area contributed by atoms with Crippen molar-refractivity contribution in [2.24, 2.45) is 0 Å². The van der Waals surface area contributed by atoms with Gasteiger partial charge < -0.3 is 4.57 Å². The summed E-state index contributed by atoms with van der Waals surface area (Å²) in [5.41, 5.74) is 4.19. The molecule has 3 rings (SSSR count). The topological polar surface area (TPSA) is 4.93 Å². The van der Waals surface area contributed by atoms with Crippen molar-refractivity contribution in [3.05, 3.63) is 27.9 Å². The summed E-state index contributed by atoms with van der Waals surface area (Å²) in [5.74, 6) is 0. The Morgan fingerprint density at radius 1 is 1.40 bits per heavy atom. The van der Waals surface area contributed by atoms with E-state index in [-0.39, 0.29) is 0 Å². The number of rotatable bonds is 0. The summed E-state index contributed by atoms with van der Waals surface area (Å²) >= 11 is 8.15. The lowest BCUT2D eigenvalue weighted by atomic mass is 10.0. The fraction of sp³-hybridized carbons (Fsp3) is 0.333. The molecule has 0 unspecified atom stereocenters. The molecule has 1 aromatic heterocycles. The van der Waals surface area contributed by atoms with Gasteiger partial charge in [0, 0.05) is 27.0 Å². The van der Waals surface area contributed by atoms with Crippen LogP contribution in [-0.4, -0.2) is 4.57 Å². The third-order valence-corrected chi connectivity index (χ3v) is 4.49. The van der Waals surface area contributed by atoms with Gasteiger partial charge in [0.15, 0.2) is 0 Å². The summed E-state index contributed by atoms with van der Waals surface area (Å²) in [7, 11) is 0. The zero-order chi connectivity index (χ0) is 10.6. The van der Waals surface area contributed by atoms with Gasteiger partial charge in [0.05, 0.1) is 5.52 Å². The van der Waals surface area contributed by atoms with Gasteiger partial charge in [0.25, 0.3) is 0 Å². The number of nitrogens with zero attached hydrogens (tertiary/aromatic N) is 1. The predicted molar refractivity (Wildman–Crippen MR) is 69.9 cm³/mol. The second-order valence-corrected chi connectivity index (χ2v) is 5.47. The van der Waals surface area contributed by atoms with E-state index in [1.54, 1.807) is 0 Å². The Labute approximate surface area is 103 Å². The Bertz CT molecular complexity index is 556. The van der Waals surface area contributed by atoms with Crippen LogP contribution in [0.1, 0.15) is 17.7 Å². The van der Waals surface area contributed by atoms with Crippen LogP contribution in [0.5, 0.6) is 0 Å². The minimum Gasteiger partial charge on any atom is -0.343 e. The van der Waals surface area contributed by atoms with E-state index in [4.69, 9.17) is 0 Å². The first kappa shape index (κ1) is 9.79. The van der Waals surface area contributed by atoms with Crippen molar-refractivity contribution in [1.29, 1.82) is 0 Å². The Balaban J connectivity index is 2.53. The maximum Gasteiger partial charge on any atom is 0.0527 e. The molecular weight excluding hydrogens is 270 g/mol. The molecule has 15 heavy (non-hydrogen) atoms. The summed E-state index contributed by atoms with van der Waals surface area (Å²) in [6.07, 6.45) is 2.42. The summed E-state index contributed by atoms with van der Waals surface area (Å²) in [6.45, 7) is 3.32. The first-order valence-corrected chi connectivity index (χ1v) is 6.42. The van der Waals surface area contributed by atoms with Gasteiger partial charge in [-0.05, 0) is 53.4 Å². The molecule has 0 amide bonds. The van der Waals surface area contributed by atoms with Gasteiger partial charge in [0.2, 0.25) is 0 Å². The third kappa shape index (κ3) is 1.29. The minimum absolute atomic E-state index is 1.07. The quantitative estimate of drug-likeness (QED) is 0.698. The number of aromatic nitrogens is 1. The van der Waals surface area contributed by atoms with E-state index < -0.39 is 0 Å². The van der Waals surface area contributed by atoms with Crippen molar-refractivity contribution in [2.75, 3.05) is 0 Å². The molecule has 0 spiro atoms. The number of hydrogen-bond acceptors (Lipinski definition) is 1. The van der Waals surface area contributed by atoms with Crippen LogP contribution in [0.25, 0.3) is 10.9 Å². The molecular formula is C12H12BrNS. The lowest BCUT2D eigenvalue weighted by Crippen LogP contribution is -2.08. The molecule has 0 aliphatic carbocycles. The molecule has 0 atom stereocenters. The fourth-order valence-corrected chi connectivity index (χ4v) is 3.34. The summed E-state index contributed by atoms with van der Waals surface area (Å²) in [6, 6.07) is 4.35. The maximum atomic E-state index is 4.47. The SMILES string of the molecule is Cc1c(Br)c2cc(S)cc3c2n1CCC3. The number of benzene rings is 1. The molecule has 78 valence electrons. The highest BCUT2D eigenvalue weighted by Gasteiger charge is 2.18. The molecule has 0 fully saturated rings. The Kier molecular flexibility index (Phi) is 2.15. The van der Waals surface area contributed by atoms with Gasteiger partial charge in [0.1, 0.15) is 0 Å². The molecule has 0 bridgehead atoms.